The molecule has 0 aromatic heterocycles. The Kier molecular flexibility index (Phi) is 11.0. The van der Waals surface area contributed by atoms with Gasteiger partial charge in [0, 0.05) is 26.9 Å². The van der Waals surface area contributed by atoms with Crippen LogP contribution in [0.3, 0.4) is 0 Å². The summed E-state index contributed by atoms with van der Waals surface area (Å²) >= 11 is 0. The van der Waals surface area contributed by atoms with Crippen LogP contribution >= 0.6 is 0 Å². The van der Waals surface area contributed by atoms with Crippen molar-refractivity contribution in [2.24, 2.45) is 0 Å². The topological polar surface area (TPSA) is 27.7 Å². The molecule has 4 heteroatoms. The molecule has 0 spiro atoms. The minimum absolute atomic E-state index is 0.454. The Labute approximate surface area is 115 Å². The molecule has 0 fully saturated rings. The fourth-order valence-electron chi connectivity index (χ4n) is 2.53. The molecule has 3 nitrogen and oxygen atoms in total. The average molecular weight is 276 g/mol. The van der Waals surface area contributed by atoms with Gasteiger partial charge in [-0.2, -0.15) is 0 Å². The Morgan fingerprint density at radius 1 is 0.722 bits per heavy atom. The Morgan fingerprint density at radius 3 is 1.39 bits per heavy atom. The molecule has 0 unspecified atom stereocenters. The van der Waals surface area contributed by atoms with E-state index < -0.39 is 8.80 Å². The molecule has 0 aliphatic rings. The fourth-order valence-corrected chi connectivity index (χ4v) is 5.14. The molecule has 0 amide bonds. The second kappa shape index (κ2) is 11.0. The minimum atomic E-state index is -2.45. The van der Waals surface area contributed by atoms with Gasteiger partial charge in [0.15, 0.2) is 0 Å². The number of unbranched alkanes of at least 4 members (excludes halogenated alkanes) is 4. The third-order valence-electron chi connectivity index (χ3n) is 3.67. The predicted molar refractivity (Wildman–Crippen MR) is 78.8 cm³/mol. The molecule has 110 valence electrons. The van der Waals surface area contributed by atoms with Gasteiger partial charge in [-0.05, 0) is 12.8 Å². The van der Waals surface area contributed by atoms with Crippen molar-refractivity contribution in [2.75, 3.05) is 21.3 Å². The van der Waals surface area contributed by atoms with Gasteiger partial charge in [-0.25, -0.2) is 0 Å². The van der Waals surface area contributed by atoms with Crippen LogP contribution in [0.5, 0.6) is 0 Å². The summed E-state index contributed by atoms with van der Waals surface area (Å²) in [7, 11) is 2.74. The highest BCUT2D eigenvalue weighted by Gasteiger charge is 2.46. The van der Waals surface area contributed by atoms with Crippen LogP contribution in [-0.2, 0) is 13.3 Å². The van der Waals surface area contributed by atoms with E-state index in [-0.39, 0.29) is 0 Å². The van der Waals surface area contributed by atoms with E-state index in [1.54, 1.807) is 21.3 Å². The van der Waals surface area contributed by atoms with Gasteiger partial charge in [-0.3, -0.25) is 0 Å². The maximum atomic E-state index is 5.65. The van der Waals surface area contributed by atoms with Gasteiger partial charge in [-0.1, -0.05) is 52.4 Å². The molecule has 0 radical (unpaired) electrons. The van der Waals surface area contributed by atoms with Crippen molar-refractivity contribution >= 4 is 8.80 Å². The van der Waals surface area contributed by atoms with E-state index in [9.17, 15) is 0 Å². The molecule has 0 aliphatic heterocycles. The van der Waals surface area contributed by atoms with Crippen LogP contribution in [0.1, 0.15) is 65.2 Å². The molecule has 0 N–H and O–H groups in total. The van der Waals surface area contributed by atoms with Gasteiger partial charge in [0.05, 0.1) is 0 Å². The molecule has 0 bridgehead atoms. The molecule has 0 rings (SSSR count). The molecule has 0 aromatic carbocycles. The summed E-state index contributed by atoms with van der Waals surface area (Å²) in [6, 6.07) is 0. The van der Waals surface area contributed by atoms with E-state index in [1.165, 1.54) is 51.4 Å². The molecule has 0 saturated carbocycles. The van der Waals surface area contributed by atoms with Gasteiger partial charge in [0.1, 0.15) is 0 Å². The minimum Gasteiger partial charge on any atom is -0.377 e. The molecule has 0 aliphatic carbocycles. The first kappa shape index (κ1) is 18.1. The van der Waals surface area contributed by atoms with Crippen molar-refractivity contribution in [3.8, 4) is 0 Å². The van der Waals surface area contributed by atoms with Gasteiger partial charge in [0.25, 0.3) is 0 Å². The van der Waals surface area contributed by atoms with E-state index in [4.69, 9.17) is 13.3 Å². The highest BCUT2D eigenvalue weighted by atomic mass is 28.4. The van der Waals surface area contributed by atoms with Gasteiger partial charge >= 0.3 is 8.80 Å². The lowest BCUT2D eigenvalue weighted by Gasteiger charge is -2.32. The summed E-state index contributed by atoms with van der Waals surface area (Å²) in [5, 5.41) is 0. The smallest absolute Gasteiger partial charge is 0.377 e. The summed E-state index contributed by atoms with van der Waals surface area (Å²) in [5.74, 6) is 0. The van der Waals surface area contributed by atoms with Crippen LogP contribution in [0, 0.1) is 0 Å². The maximum absolute atomic E-state index is 5.65. The highest BCUT2D eigenvalue weighted by molar-refractivity contribution is 6.62. The Balaban J connectivity index is 4.48. The zero-order valence-electron chi connectivity index (χ0n) is 13.0. The van der Waals surface area contributed by atoms with E-state index in [0.717, 1.165) is 0 Å². The van der Waals surface area contributed by atoms with E-state index in [1.807, 2.05) is 0 Å². The normalized spacial score (nSPS) is 12.3. The summed E-state index contributed by atoms with van der Waals surface area (Å²) < 4.78 is 17.0. The first-order chi connectivity index (χ1) is 8.70. The van der Waals surface area contributed by atoms with Crippen molar-refractivity contribution in [1.29, 1.82) is 0 Å². The van der Waals surface area contributed by atoms with Gasteiger partial charge in [-0.15, -0.1) is 0 Å². The molecule has 0 aromatic rings. The van der Waals surface area contributed by atoms with Crippen LogP contribution < -0.4 is 0 Å². The highest BCUT2D eigenvalue weighted by Crippen LogP contribution is 2.34. The first-order valence-corrected chi connectivity index (χ1v) is 9.16. The second-order valence-electron chi connectivity index (χ2n) is 4.90. The van der Waals surface area contributed by atoms with Crippen molar-refractivity contribution in [3.63, 3.8) is 0 Å². The SMILES string of the molecule is CCCCCC(CCCCC)[Si](OC)(OC)OC. The molecule has 0 saturated heterocycles. The predicted octanol–water partition coefficient (Wildman–Crippen LogP) is 4.40. The third-order valence-corrected chi connectivity index (χ3v) is 6.95. The summed E-state index contributed by atoms with van der Waals surface area (Å²) in [6.45, 7) is 4.47. The van der Waals surface area contributed by atoms with Crippen LogP contribution in [0.4, 0.5) is 0 Å². The maximum Gasteiger partial charge on any atom is 0.503 e. The lowest BCUT2D eigenvalue weighted by molar-refractivity contribution is 0.107. The van der Waals surface area contributed by atoms with Crippen LogP contribution in [0.25, 0.3) is 0 Å². The van der Waals surface area contributed by atoms with E-state index in [2.05, 4.69) is 13.8 Å². The van der Waals surface area contributed by atoms with Crippen LogP contribution in [0.2, 0.25) is 5.54 Å². The number of rotatable bonds is 12. The zero-order chi connectivity index (χ0) is 13.9. The van der Waals surface area contributed by atoms with E-state index >= 15 is 0 Å². The number of hydrogen-bond donors (Lipinski definition) is 0. The molecular formula is C14H32O3Si. The van der Waals surface area contributed by atoms with Crippen LogP contribution in [-0.4, -0.2) is 30.1 Å². The van der Waals surface area contributed by atoms with Crippen molar-refractivity contribution in [1.82, 2.24) is 0 Å². The second-order valence-corrected chi connectivity index (χ2v) is 8.15. The Morgan fingerprint density at radius 2 is 1.11 bits per heavy atom. The average Bonchev–Trinajstić information content (AvgIpc) is 2.41. The molecule has 0 heterocycles. The lowest BCUT2D eigenvalue weighted by atomic mass is 10.1. The largest absolute Gasteiger partial charge is 0.503 e. The Hall–Kier alpha value is 0.0969. The Bertz CT molecular complexity index is 166. The summed E-state index contributed by atoms with van der Waals surface area (Å²) in [4.78, 5) is 0. The lowest BCUT2D eigenvalue weighted by Crippen LogP contribution is -2.47. The van der Waals surface area contributed by atoms with Crippen LogP contribution in [0.15, 0.2) is 0 Å². The third kappa shape index (κ3) is 5.82. The summed E-state index contributed by atoms with van der Waals surface area (Å²) in [6.07, 6.45) is 9.90. The van der Waals surface area contributed by atoms with E-state index in [0.29, 0.717) is 5.54 Å². The monoisotopic (exact) mass is 276 g/mol. The zero-order valence-corrected chi connectivity index (χ0v) is 14.0. The first-order valence-electron chi connectivity index (χ1n) is 7.36. The molecular weight excluding hydrogens is 244 g/mol. The van der Waals surface area contributed by atoms with Gasteiger partial charge < -0.3 is 13.3 Å². The fraction of sp³-hybridized carbons (Fsp3) is 1.00. The standard InChI is InChI=1S/C14H32O3Si/c1-6-8-10-12-14(13-11-9-7-2)18(15-3,16-4)17-5/h14H,6-13H2,1-5H3. The summed E-state index contributed by atoms with van der Waals surface area (Å²) in [5.41, 5.74) is 0.454. The van der Waals surface area contributed by atoms with Crippen molar-refractivity contribution < 1.29 is 13.3 Å². The van der Waals surface area contributed by atoms with Crippen molar-refractivity contribution in [2.45, 2.75) is 70.8 Å². The number of hydrogen-bond acceptors (Lipinski definition) is 3. The van der Waals surface area contributed by atoms with Crippen molar-refractivity contribution in [3.05, 3.63) is 0 Å². The molecule has 18 heavy (non-hydrogen) atoms. The molecule has 0 atom stereocenters. The van der Waals surface area contributed by atoms with Gasteiger partial charge in [0.2, 0.25) is 0 Å². The quantitative estimate of drug-likeness (QED) is 0.391.